The molecular weight excluding hydrogens is 250 g/mol. The molecule has 3 aromatic rings. The fourth-order valence-electron chi connectivity index (χ4n) is 1.89. The van der Waals surface area contributed by atoms with Gasteiger partial charge in [-0.2, -0.15) is 5.10 Å². The SMILES string of the molecule is Oc1ccccc1C=Nc1ccnn1-c1ccccc1. The molecule has 1 N–H and O–H groups in total. The molecule has 0 unspecified atom stereocenters. The molecule has 98 valence electrons. The number of benzene rings is 2. The van der Waals surface area contributed by atoms with Crippen LogP contribution in [0.2, 0.25) is 0 Å². The molecule has 0 saturated carbocycles. The Labute approximate surface area is 116 Å². The molecule has 1 aromatic heterocycles. The molecular formula is C16H13N3O. The van der Waals surface area contributed by atoms with Gasteiger partial charge >= 0.3 is 0 Å². The van der Waals surface area contributed by atoms with Gasteiger partial charge in [-0.15, -0.1) is 0 Å². The second-order valence-corrected chi connectivity index (χ2v) is 4.25. The summed E-state index contributed by atoms with van der Waals surface area (Å²) in [7, 11) is 0. The Hall–Kier alpha value is -2.88. The summed E-state index contributed by atoms with van der Waals surface area (Å²) in [4.78, 5) is 4.39. The number of rotatable bonds is 3. The second kappa shape index (κ2) is 5.40. The van der Waals surface area contributed by atoms with Gasteiger partial charge in [0.05, 0.1) is 11.9 Å². The number of hydrogen-bond acceptors (Lipinski definition) is 3. The summed E-state index contributed by atoms with van der Waals surface area (Å²) < 4.78 is 1.75. The van der Waals surface area contributed by atoms with Crippen LogP contribution in [0.5, 0.6) is 5.75 Å². The largest absolute Gasteiger partial charge is 0.507 e. The number of para-hydroxylation sites is 2. The van der Waals surface area contributed by atoms with E-state index in [2.05, 4.69) is 10.1 Å². The minimum atomic E-state index is 0.210. The molecule has 2 aromatic carbocycles. The van der Waals surface area contributed by atoms with Crippen molar-refractivity contribution in [2.75, 3.05) is 0 Å². The van der Waals surface area contributed by atoms with Crippen LogP contribution in [-0.4, -0.2) is 21.1 Å². The van der Waals surface area contributed by atoms with Gasteiger partial charge in [-0.3, -0.25) is 0 Å². The highest BCUT2D eigenvalue weighted by Crippen LogP contribution is 2.19. The lowest BCUT2D eigenvalue weighted by molar-refractivity contribution is 0.474. The van der Waals surface area contributed by atoms with Crippen molar-refractivity contribution in [1.29, 1.82) is 0 Å². The quantitative estimate of drug-likeness (QED) is 0.737. The molecule has 0 atom stereocenters. The highest BCUT2D eigenvalue weighted by Gasteiger charge is 2.02. The topological polar surface area (TPSA) is 50.4 Å². The van der Waals surface area contributed by atoms with E-state index in [-0.39, 0.29) is 5.75 Å². The van der Waals surface area contributed by atoms with Gasteiger partial charge in [0.2, 0.25) is 0 Å². The van der Waals surface area contributed by atoms with Gasteiger partial charge in [0.15, 0.2) is 5.82 Å². The smallest absolute Gasteiger partial charge is 0.155 e. The highest BCUT2D eigenvalue weighted by atomic mass is 16.3. The monoisotopic (exact) mass is 263 g/mol. The maximum Gasteiger partial charge on any atom is 0.155 e. The van der Waals surface area contributed by atoms with Crippen LogP contribution < -0.4 is 0 Å². The molecule has 20 heavy (non-hydrogen) atoms. The third kappa shape index (κ3) is 2.44. The van der Waals surface area contributed by atoms with Crippen LogP contribution in [-0.2, 0) is 0 Å². The van der Waals surface area contributed by atoms with Crippen LogP contribution in [0.1, 0.15) is 5.56 Å². The molecule has 4 heteroatoms. The second-order valence-electron chi connectivity index (χ2n) is 4.25. The molecule has 0 spiro atoms. The maximum absolute atomic E-state index is 9.71. The Morgan fingerprint density at radius 2 is 1.70 bits per heavy atom. The minimum Gasteiger partial charge on any atom is -0.507 e. The Kier molecular flexibility index (Phi) is 3.29. The van der Waals surface area contributed by atoms with Crippen molar-refractivity contribution in [3.8, 4) is 11.4 Å². The zero-order chi connectivity index (χ0) is 13.8. The summed E-state index contributed by atoms with van der Waals surface area (Å²) in [5.74, 6) is 0.918. The zero-order valence-corrected chi connectivity index (χ0v) is 10.7. The Morgan fingerprint density at radius 1 is 0.950 bits per heavy atom. The van der Waals surface area contributed by atoms with Crippen molar-refractivity contribution in [3.63, 3.8) is 0 Å². The summed E-state index contributed by atoms with van der Waals surface area (Å²) in [6.45, 7) is 0. The van der Waals surface area contributed by atoms with E-state index in [9.17, 15) is 5.11 Å². The van der Waals surface area contributed by atoms with Crippen LogP contribution in [0.25, 0.3) is 5.69 Å². The van der Waals surface area contributed by atoms with Crippen LogP contribution in [0.4, 0.5) is 5.82 Å². The maximum atomic E-state index is 9.71. The van der Waals surface area contributed by atoms with Crippen molar-refractivity contribution >= 4 is 12.0 Å². The van der Waals surface area contributed by atoms with Crippen molar-refractivity contribution in [2.24, 2.45) is 4.99 Å². The number of hydrogen-bond donors (Lipinski definition) is 1. The van der Waals surface area contributed by atoms with Crippen molar-refractivity contribution in [2.45, 2.75) is 0 Å². The third-order valence-corrected chi connectivity index (χ3v) is 2.90. The molecule has 3 rings (SSSR count). The number of phenols is 1. The van der Waals surface area contributed by atoms with E-state index in [1.54, 1.807) is 29.2 Å². The Morgan fingerprint density at radius 3 is 2.50 bits per heavy atom. The fourth-order valence-corrected chi connectivity index (χ4v) is 1.89. The third-order valence-electron chi connectivity index (χ3n) is 2.90. The van der Waals surface area contributed by atoms with Crippen LogP contribution in [0, 0.1) is 0 Å². The zero-order valence-electron chi connectivity index (χ0n) is 10.7. The molecule has 0 aliphatic rings. The molecule has 4 nitrogen and oxygen atoms in total. The van der Waals surface area contributed by atoms with Gasteiger partial charge in [0.25, 0.3) is 0 Å². The highest BCUT2D eigenvalue weighted by molar-refractivity contribution is 5.84. The first kappa shape index (κ1) is 12.2. The van der Waals surface area contributed by atoms with Crippen LogP contribution >= 0.6 is 0 Å². The normalized spacial score (nSPS) is 11.0. The molecule has 0 amide bonds. The summed E-state index contributed by atoms with van der Waals surface area (Å²) in [6.07, 6.45) is 3.33. The van der Waals surface area contributed by atoms with Crippen LogP contribution in [0.15, 0.2) is 71.9 Å². The fraction of sp³-hybridized carbons (Fsp3) is 0. The molecule has 0 aliphatic carbocycles. The average molecular weight is 263 g/mol. The molecule has 1 heterocycles. The van der Waals surface area contributed by atoms with E-state index in [4.69, 9.17) is 0 Å². The lowest BCUT2D eigenvalue weighted by atomic mass is 10.2. The van der Waals surface area contributed by atoms with E-state index >= 15 is 0 Å². The van der Waals surface area contributed by atoms with E-state index in [1.807, 2.05) is 48.5 Å². The van der Waals surface area contributed by atoms with Crippen molar-refractivity contribution in [3.05, 3.63) is 72.4 Å². The van der Waals surface area contributed by atoms with Gasteiger partial charge in [-0.1, -0.05) is 30.3 Å². The number of phenolic OH excluding ortho intramolecular Hbond substituents is 1. The average Bonchev–Trinajstić information content (AvgIpc) is 2.96. The number of aliphatic imine (C=N–C) groups is 1. The number of nitrogens with zero attached hydrogens (tertiary/aromatic N) is 3. The lowest BCUT2D eigenvalue weighted by Crippen LogP contribution is -1.95. The van der Waals surface area contributed by atoms with Gasteiger partial charge in [-0.25, -0.2) is 9.67 Å². The van der Waals surface area contributed by atoms with Gasteiger partial charge in [-0.05, 0) is 24.3 Å². The lowest BCUT2D eigenvalue weighted by Gasteiger charge is -2.03. The van der Waals surface area contributed by atoms with E-state index < -0.39 is 0 Å². The summed E-state index contributed by atoms with van der Waals surface area (Å²) >= 11 is 0. The molecule has 0 saturated heterocycles. The molecule has 0 bridgehead atoms. The van der Waals surface area contributed by atoms with Gasteiger partial charge < -0.3 is 5.11 Å². The van der Waals surface area contributed by atoms with E-state index in [0.29, 0.717) is 11.4 Å². The van der Waals surface area contributed by atoms with Crippen molar-refractivity contribution < 1.29 is 5.11 Å². The van der Waals surface area contributed by atoms with Crippen molar-refractivity contribution in [1.82, 2.24) is 9.78 Å². The number of aromatic nitrogens is 2. The first-order valence-electron chi connectivity index (χ1n) is 6.26. The molecule has 0 aliphatic heterocycles. The number of aromatic hydroxyl groups is 1. The summed E-state index contributed by atoms with van der Waals surface area (Å²) in [5, 5.41) is 14.0. The predicted molar refractivity (Wildman–Crippen MR) is 78.9 cm³/mol. The van der Waals surface area contributed by atoms with E-state index in [0.717, 1.165) is 5.69 Å². The Bertz CT molecular complexity index is 732. The van der Waals surface area contributed by atoms with Gasteiger partial charge in [0, 0.05) is 17.8 Å². The Balaban J connectivity index is 1.94. The first-order valence-corrected chi connectivity index (χ1v) is 6.26. The van der Waals surface area contributed by atoms with Gasteiger partial charge in [0.1, 0.15) is 5.75 Å². The summed E-state index contributed by atoms with van der Waals surface area (Å²) in [6, 6.07) is 18.7. The van der Waals surface area contributed by atoms with Crippen LogP contribution in [0.3, 0.4) is 0 Å². The minimum absolute atomic E-state index is 0.210. The molecule has 0 fully saturated rings. The van der Waals surface area contributed by atoms with E-state index in [1.165, 1.54) is 0 Å². The summed E-state index contributed by atoms with van der Waals surface area (Å²) in [5.41, 5.74) is 1.62. The predicted octanol–water partition coefficient (Wildman–Crippen LogP) is 3.33. The molecule has 0 radical (unpaired) electrons. The first-order chi connectivity index (χ1) is 9.84. The standard InChI is InChI=1S/C16H13N3O/c20-15-9-5-4-6-13(15)12-17-16-10-11-18-19(16)14-7-2-1-3-8-14/h1-12,20H.